The standard InChI is InChI=1S/C22H40O2/c1-2-3-4-5-6-7-8-9-10-11-12-13-14-15-16-17-18-19-20-21-22(23)24/h6-7,19-20H,2-5,8-18,21H2,1H3,(H,23,24)/b7-6-,20-19-. The van der Waals surface area contributed by atoms with Gasteiger partial charge in [-0.2, -0.15) is 0 Å². The maximum absolute atomic E-state index is 10.3. The second kappa shape index (κ2) is 20.0. The highest BCUT2D eigenvalue weighted by atomic mass is 16.4. The number of allylic oxidation sites excluding steroid dienone is 3. The van der Waals surface area contributed by atoms with E-state index in [0.717, 1.165) is 6.42 Å². The minimum atomic E-state index is -0.741. The molecule has 0 saturated heterocycles. The van der Waals surface area contributed by atoms with Gasteiger partial charge in [-0.1, -0.05) is 89.0 Å². The summed E-state index contributed by atoms with van der Waals surface area (Å²) in [6.45, 7) is 2.26. The van der Waals surface area contributed by atoms with Crippen molar-refractivity contribution >= 4 is 5.97 Å². The zero-order valence-electron chi connectivity index (χ0n) is 16.0. The van der Waals surface area contributed by atoms with Gasteiger partial charge in [0.25, 0.3) is 0 Å². The van der Waals surface area contributed by atoms with Gasteiger partial charge in [0.05, 0.1) is 6.42 Å². The number of hydrogen-bond acceptors (Lipinski definition) is 1. The first-order valence-corrected chi connectivity index (χ1v) is 10.3. The molecule has 0 saturated carbocycles. The van der Waals surface area contributed by atoms with Gasteiger partial charge in [-0.05, 0) is 38.5 Å². The molecular weight excluding hydrogens is 296 g/mol. The SMILES string of the molecule is CCCCC/C=C\CCCCCCCCCCC/C=C\CC(=O)O. The van der Waals surface area contributed by atoms with Crippen LogP contribution in [0, 0.1) is 0 Å². The van der Waals surface area contributed by atoms with Gasteiger partial charge in [0, 0.05) is 0 Å². The predicted octanol–water partition coefficient (Wildman–Crippen LogP) is 7.44. The molecule has 0 rings (SSSR count). The second-order valence-corrected chi connectivity index (χ2v) is 6.80. The van der Waals surface area contributed by atoms with Crippen LogP contribution in [0.4, 0.5) is 0 Å². The summed E-state index contributed by atoms with van der Waals surface area (Å²) in [5.41, 5.74) is 0. The van der Waals surface area contributed by atoms with Crippen LogP contribution in [-0.4, -0.2) is 11.1 Å². The number of unbranched alkanes of at least 4 members (excludes halogenated alkanes) is 13. The summed E-state index contributed by atoms with van der Waals surface area (Å²) >= 11 is 0. The lowest BCUT2D eigenvalue weighted by Gasteiger charge is -2.01. The van der Waals surface area contributed by atoms with Crippen LogP contribution >= 0.6 is 0 Å². The van der Waals surface area contributed by atoms with E-state index in [9.17, 15) is 4.79 Å². The molecule has 0 aliphatic carbocycles. The topological polar surface area (TPSA) is 37.3 Å². The average molecular weight is 337 g/mol. The number of rotatable bonds is 18. The van der Waals surface area contributed by atoms with Gasteiger partial charge in [-0.3, -0.25) is 4.79 Å². The fourth-order valence-corrected chi connectivity index (χ4v) is 2.81. The van der Waals surface area contributed by atoms with E-state index in [4.69, 9.17) is 5.11 Å². The minimum absolute atomic E-state index is 0.161. The third kappa shape index (κ3) is 20.9. The maximum Gasteiger partial charge on any atom is 0.307 e. The molecule has 0 bridgehead atoms. The Morgan fingerprint density at radius 2 is 1.00 bits per heavy atom. The Balaban J connectivity index is 3.10. The number of carboxylic acid groups (broad SMARTS) is 1. The quantitative estimate of drug-likeness (QED) is 0.208. The van der Waals surface area contributed by atoms with Gasteiger partial charge in [0.2, 0.25) is 0 Å². The van der Waals surface area contributed by atoms with Crippen LogP contribution in [0.25, 0.3) is 0 Å². The van der Waals surface area contributed by atoms with Gasteiger partial charge in [-0.25, -0.2) is 0 Å². The molecular formula is C22H40O2. The number of carboxylic acids is 1. The highest BCUT2D eigenvalue weighted by Gasteiger charge is 1.93. The average Bonchev–Trinajstić information content (AvgIpc) is 2.56. The number of hydrogen-bond donors (Lipinski definition) is 1. The van der Waals surface area contributed by atoms with Gasteiger partial charge >= 0.3 is 5.97 Å². The highest BCUT2D eigenvalue weighted by Crippen LogP contribution is 2.12. The summed E-state index contributed by atoms with van der Waals surface area (Å²) < 4.78 is 0. The summed E-state index contributed by atoms with van der Waals surface area (Å²) in [5.74, 6) is -0.741. The third-order valence-corrected chi connectivity index (χ3v) is 4.34. The van der Waals surface area contributed by atoms with Crippen LogP contribution < -0.4 is 0 Å². The molecule has 0 unspecified atom stereocenters. The molecule has 0 spiro atoms. The van der Waals surface area contributed by atoms with E-state index in [1.807, 2.05) is 6.08 Å². The lowest BCUT2D eigenvalue weighted by Crippen LogP contribution is -1.89. The monoisotopic (exact) mass is 336 g/mol. The first kappa shape index (κ1) is 22.9. The first-order valence-electron chi connectivity index (χ1n) is 10.3. The van der Waals surface area contributed by atoms with Crippen molar-refractivity contribution in [3.05, 3.63) is 24.3 Å². The van der Waals surface area contributed by atoms with Crippen LogP contribution in [-0.2, 0) is 4.79 Å². The number of aliphatic carboxylic acids is 1. The molecule has 140 valence electrons. The van der Waals surface area contributed by atoms with Gasteiger partial charge in [0.15, 0.2) is 0 Å². The Labute approximate surface area is 150 Å². The Hall–Kier alpha value is -1.05. The van der Waals surface area contributed by atoms with Crippen LogP contribution in [0.1, 0.15) is 110 Å². The highest BCUT2D eigenvalue weighted by molar-refractivity contribution is 5.68. The summed E-state index contributed by atoms with van der Waals surface area (Å²) in [4.78, 5) is 10.3. The van der Waals surface area contributed by atoms with Gasteiger partial charge in [-0.15, -0.1) is 0 Å². The summed E-state index contributed by atoms with van der Waals surface area (Å²) in [7, 11) is 0. The molecule has 24 heavy (non-hydrogen) atoms. The molecule has 0 aliphatic heterocycles. The fourth-order valence-electron chi connectivity index (χ4n) is 2.81. The molecule has 0 radical (unpaired) electrons. The Morgan fingerprint density at radius 3 is 1.42 bits per heavy atom. The molecule has 1 N–H and O–H groups in total. The van der Waals surface area contributed by atoms with E-state index in [1.165, 1.54) is 89.9 Å². The zero-order chi connectivity index (χ0) is 17.7. The van der Waals surface area contributed by atoms with E-state index < -0.39 is 5.97 Å². The van der Waals surface area contributed by atoms with E-state index in [2.05, 4.69) is 19.1 Å². The normalized spacial score (nSPS) is 11.7. The van der Waals surface area contributed by atoms with Crippen LogP contribution in [0.2, 0.25) is 0 Å². The Morgan fingerprint density at radius 1 is 0.625 bits per heavy atom. The Bertz CT molecular complexity index is 318. The molecule has 0 aromatic heterocycles. The molecule has 0 fully saturated rings. The molecule has 0 atom stereocenters. The smallest absolute Gasteiger partial charge is 0.307 e. The molecule has 2 heteroatoms. The minimum Gasteiger partial charge on any atom is -0.481 e. The molecule has 0 aromatic carbocycles. The van der Waals surface area contributed by atoms with Crippen LogP contribution in [0.3, 0.4) is 0 Å². The molecule has 0 aromatic rings. The van der Waals surface area contributed by atoms with Crippen molar-refractivity contribution in [2.45, 2.75) is 110 Å². The third-order valence-electron chi connectivity index (χ3n) is 4.34. The summed E-state index contributed by atoms with van der Waals surface area (Å²) in [5, 5.41) is 8.50. The van der Waals surface area contributed by atoms with Crippen molar-refractivity contribution in [2.24, 2.45) is 0 Å². The predicted molar refractivity (Wildman–Crippen MR) is 105 cm³/mol. The van der Waals surface area contributed by atoms with E-state index in [0.29, 0.717) is 0 Å². The molecule has 0 aliphatic rings. The maximum atomic E-state index is 10.3. The molecule has 2 nitrogen and oxygen atoms in total. The van der Waals surface area contributed by atoms with Gasteiger partial charge in [0.1, 0.15) is 0 Å². The summed E-state index contributed by atoms with van der Waals surface area (Å²) in [6.07, 6.45) is 28.3. The number of carbonyl (C=O) groups is 1. The van der Waals surface area contributed by atoms with Crippen LogP contribution in [0.15, 0.2) is 24.3 Å². The van der Waals surface area contributed by atoms with E-state index in [-0.39, 0.29) is 6.42 Å². The lowest BCUT2D eigenvalue weighted by molar-refractivity contribution is -0.136. The van der Waals surface area contributed by atoms with Gasteiger partial charge < -0.3 is 5.11 Å². The largest absolute Gasteiger partial charge is 0.481 e. The van der Waals surface area contributed by atoms with Crippen molar-refractivity contribution in [2.75, 3.05) is 0 Å². The first-order chi connectivity index (χ1) is 11.8. The van der Waals surface area contributed by atoms with Crippen molar-refractivity contribution in [3.8, 4) is 0 Å². The fraction of sp³-hybridized carbons (Fsp3) is 0.773. The second-order valence-electron chi connectivity index (χ2n) is 6.80. The zero-order valence-corrected chi connectivity index (χ0v) is 16.0. The van der Waals surface area contributed by atoms with Crippen molar-refractivity contribution < 1.29 is 9.90 Å². The lowest BCUT2D eigenvalue weighted by atomic mass is 10.1. The molecule has 0 heterocycles. The molecule has 0 amide bonds. The van der Waals surface area contributed by atoms with Crippen LogP contribution in [0.5, 0.6) is 0 Å². The van der Waals surface area contributed by atoms with Crippen molar-refractivity contribution in [3.63, 3.8) is 0 Å². The van der Waals surface area contributed by atoms with Crippen molar-refractivity contribution in [1.29, 1.82) is 0 Å². The Kier molecular flexibility index (Phi) is 19.1. The van der Waals surface area contributed by atoms with E-state index >= 15 is 0 Å². The van der Waals surface area contributed by atoms with E-state index in [1.54, 1.807) is 6.08 Å². The summed E-state index contributed by atoms with van der Waals surface area (Å²) in [6, 6.07) is 0. The van der Waals surface area contributed by atoms with Crippen molar-refractivity contribution in [1.82, 2.24) is 0 Å².